The fraction of sp³-hybridized carbons (Fsp3) is 0.368. The van der Waals surface area contributed by atoms with Crippen molar-refractivity contribution < 1.29 is 14.4 Å². The summed E-state index contributed by atoms with van der Waals surface area (Å²) in [5.41, 5.74) is 0.511. The van der Waals surface area contributed by atoms with Crippen LogP contribution in [0.4, 0.5) is 5.13 Å². The Morgan fingerprint density at radius 2 is 2.04 bits per heavy atom. The number of amides is 3. The van der Waals surface area contributed by atoms with Crippen LogP contribution in [0.5, 0.6) is 0 Å². The predicted molar refractivity (Wildman–Crippen MR) is 103 cm³/mol. The van der Waals surface area contributed by atoms with Gasteiger partial charge in [0.05, 0.1) is 5.92 Å². The van der Waals surface area contributed by atoms with Gasteiger partial charge in [-0.2, -0.15) is 0 Å². The molecular formula is C19H22N4O3S. The van der Waals surface area contributed by atoms with Crippen LogP contribution in [-0.2, 0) is 9.59 Å². The number of rotatable bonds is 5. The van der Waals surface area contributed by atoms with E-state index < -0.39 is 6.04 Å². The smallest absolute Gasteiger partial charge is 0.251 e. The van der Waals surface area contributed by atoms with E-state index in [1.807, 2.05) is 6.07 Å². The lowest BCUT2D eigenvalue weighted by Gasteiger charge is -2.33. The summed E-state index contributed by atoms with van der Waals surface area (Å²) in [6, 6.07) is 8.13. The van der Waals surface area contributed by atoms with E-state index in [4.69, 9.17) is 0 Å². The molecule has 1 fully saturated rings. The Balaban J connectivity index is 1.55. The first kappa shape index (κ1) is 19.0. The molecular weight excluding hydrogens is 364 g/mol. The maximum atomic E-state index is 12.7. The van der Waals surface area contributed by atoms with Crippen LogP contribution in [-0.4, -0.2) is 46.7 Å². The Morgan fingerprint density at radius 3 is 2.74 bits per heavy atom. The number of hydrogen-bond acceptors (Lipinski definition) is 5. The lowest BCUT2D eigenvalue weighted by molar-refractivity contribution is -0.136. The number of likely N-dealkylation sites (tertiary alicyclic amines) is 1. The van der Waals surface area contributed by atoms with E-state index in [0.717, 1.165) is 12.8 Å². The molecule has 3 rings (SSSR count). The molecule has 0 bridgehead atoms. The van der Waals surface area contributed by atoms with E-state index in [1.165, 1.54) is 11.3 Å². The zero-order valence-corrected chi connectivity index (χ0v) is 15.9. The molecule has 2 aromatic rings. The molecule has 0 radical (unpaired) electrons. The predicted octanol–water partition coefficient (Wildman–Crippen LogP) is 2.14. The summed E-state index contributed by atoms with van der Waals surface area (Å²) in [5, 5.41) is 7.89. The third kappa shape index (κ3) is 4.91. The summed E-state index contributed by atoms with van der Waals surface area (Å²) < 4.78 is 0. The van der Waals surface area contributed by atoms with E-state index in [1.54, 1.807) is 47.7 Å². The number of thiazole rings is 1. The van der Waals surface area contributed by atoms with E-state index >= 15 is 0 Å². The van der Waals surface area contributed by atoms with Crippen molar-refractivity contribution in [3.05, 3.63) is 47.5 Å². The molecule has 3 amide bonds. The van der Waals surface area contributed by atoms with Gasteiger partial charge in [0.2, 0.25) is 11.8 Å². The summed E-state index contributed by atoms with van der Waals surface area (Å²) >= 11 is 1.36. The van der Waals surface area contributed by atoms with E-state index in [2.05, 4.69) is 15.6 Å². The van der Waals surface area contributed by atoms with Gasteiger partial charge in [-0.05, 0) is 31.9 Å². The monoisotopic (exact) mass is 386 g/mol. The molecule has 0 aliphatic carbocycles. The van der Waals surface area contributed by atoms with Crippen molar-refractivity contribution in [2.45, 2.75) is 25.8 Å². The normalized spacial score (nSPS) is 17.8. The molecule has 1 aromatic heterocycles. The number of hydrogen-bond donors (Lipinski definition) is 2. The highest BCUT2D eigenvalue weighted by Crippen LogP contribution is 2.20. The van der Waals surface area contributed by atoms with E-state index in [9.17, 15) is 14.4 Å². The van der Waals surface area contributed by atoms with Crippen molar-refractivity contribution in [2.75, 3.05) is 18.4 Å². The highest BCUT2D eigenvalue weighted by atomic mass is 32.1. The molecule has 2 heterocycles. The second-order valence-electron chi connectivity index (χ2n) is 6.51. The van der Waals surface area contributed by atoms with Gasteiger partial charge in [0.15, 0.2) is 5.13 Å². The molecule has 2 unspecified atom stereocenters. The Hall–Kier alpha value is -2.74. The van der Waals surface area contributed by atoms with Crippen LogP contribution in [0, 0.1) is 5.92 Å². The number of carbonyl (C=O) groups excluding carboxylic acids is 3. The van der Waals surface area contributed by atoms with Gasteiger partial charge in [-0.1, -0.05) is 18.2 Å². The molecule has 0 saturated carbocycles. The van der Waals surface area contributed by atoms with E-state index in [0.29, 0.717) is 23.8 Å². The lowest BCUT2D eigenvalue weighted by atomic mass is 9.96. The molecule has 1 aliphatic rings. The lowest BCUT2D eigenvalue weighted by Crippen LogP contribution is -2.51. The third-order valence-electron chi connectivity index (χ3n) is 4.52. The number of carbonyl (C=O) groups is 3. The SMILES string of the molecule is CC(NC(=O)c1ccccc1)C(=O)N1CCCC(C(=O)Nc2nccs2)C1. The van der Waals surface area contributed by atoms with Crippen LogP contribution < -0.4 is 10.6 Å². The van der Waals surface area contributed by atoms with Crippen molar-refractivity contribution in [1.29, 1.82) is 0 Å². The number of benzene rings is 1. The molecule has 2 atom stereocenters. The average molecular weight is 386 g/mol. The zero-order valence-electron chi connectivity index (χ0n) is 15.1. The number of nitrogens with one attached hydrogen (secondary N) is 2. The first-order valence-corrected chi connectivity index (χ1v) is 9.77. The Labute approximate surface area is 161 Å². The minimum absolute atomic E-state index is 0.122. The molecule has 2 N–H and O–H groups in total. The van der Waals surface area contributed by atoms with Gasteiger partial charge in [-0.15, -0.1) is 11.3 Å². The third-order valence-corrected chi connectivity index (χ3v) is 5.21. The standard InChI is InChI=1S/C19H22N4O3S/c1-13(21-16(24)14-6-3-2-4-7-14)18(26)23-10-5-8-15(12-23)17(25)22-19-20-9-11-27-19/h2-4,6-7,9,11,13,15H,5,8,10,12H2,1H3,(H,21,24)(H,20,22,25). The molecule has 1 aromatic carbocycles. The minimum atomic E-state index is -0.654. The fourth-order valence-electron chi connectivity index (χ4n) is 3.09. The molecule has 142 valence electrons. The summed E-state index contributed by atoms with van der Waals surface area (Å²) in [5.74, 6) is -0.857. The topological polar surface area (TPSA) is 91.4 Å². The minimum Gasteiger partial charge on any atom is -0.341 e. The van der Waals surface area contributed by atoms with Crippen molar-refractivity contribution in [3.8, 4) is 0 Å². The maximum Gasteiger partial charge on any atom is 0.251 e. The van der Waals surface area contributed by atoms with Crippen molar-refractivity contribution >= 4 is 34.2 Å². The second-order valence-corrected chi connectivity index (χ2v) is 7.41. The van der Waals surface area contributed by atoms with Gasteiger partial charge < -0.3 is 15.5 Å². The molecule has 0 spiro atoms. The van der Waals surface area contributed by atoms with Crippen LogP contribution >= 0.6 is 11.3 Å². The van der Waals surface area contributed by atoms with Gasteiger partial charge in [-0.3, -0.25) is 14.4 Å². The van der Waals surface area contributed by atoms with Crippen LogP contribution in [0.25, 0.3) is 0 Å². The van der Waals surface area contributed by atoms with Crippen LogP contribution in [0.1, 0.15) is 30.1 Å². The zero-order chi connectivity index (χ0) is 19.2. The molecule has 1 aliphatic heterocycles. The number of piperidine rings is 1. The van der Waals surface area contributed by atoms with Gasteiger partial charge in [0.25, 0.3) is 5.91 Å². The van der Waals surface area contributed by atoms with Crippen molar-refractivity contribution in [3.63, 3.8) is 0 Å². The molecule has 1 saturated heterocycles. The second kappa shape index (κ2) is 8.77. The van der Waals surface area contributed by atoms with Gasteiger partial charge in [-0.25, -0.2) is 4.98 Å². The van der Waals surface area contributed by atoms with Gasteiger partial charge in [0, 0.05) is 30.2 Å². The van der Waals surface area contributed by atoms with Gasteiger partial charge in [0.1, 0.15) is 6.04 Å². The number of nitrogens with zero attached hydrogens (tertiary/aromatic N) is 2. The molecule has 27 heavy (non-hydrogen) atoms. The fourth-order valence-corrected chi connectivity index (χ4v) is 3.62. The molecule has 7 nitrogen and oxygen atoms in total. The Morgan fingerprint density at radius 1 is 1.26 bits per heavy atom. The Kier molecular flexibility index (Phi) is 6.18. The Bertz CT molecular complexity index is 795. The molecule has 8 heteroatoms. The number of anilines is 1. The van der Waals surface area contributed by atoms with Gasteiger partial charge >= 0.3 is 0 Å². The maximum absolute atomic E-state index is 12.7. The summed E-state index contributed by atoms with van der Waals surface area (Å²) in [7, 11) is 0. The van der Waals surface area contributed by atoms with Crippen LogP contribution in [0.3, 0.4) is 0 Å². The van der Waals surface area contributed by atoms with Crippen LogP contribution in [0.15, 0.2) is 41.9 Å². The van der Waals surface area contributed by atoms with Crippen molar-refractivity contribution in [2.24, 2.45) is 5.92 Å². The quantitative estimate of drug-likeness (QED) is 0.824. The van der Waals surface area contributed by atoms with Crippen LogP contribution in [0.2, 0.25) is 0 Å². The number of aromatic nitrogens is 1. The van der Waals surface area contributed by atoms with E-state index in [-0.39, 0.29) is 23.6 Å². The summed E-state index contributed by atoms with van der Waals surface area (Å²) in [4.78, 5) is 43.1. The summed E-state index contributed by atoms with van der Waals surface area (Å²) in [6.45, 7) is 2.61. The van der Waals surface area contributed by atoms with Crippen molar-refractivity contribution in [1.82, 2.24) is 15.2 Å². The summed E-state index contributed by atoms with van der Waals surface area (Å²) in [6.07, 6.45) is 3.11. The first-order valence-electron chi connectivity index (χ1n) is 8.89. The first-order chi connectivity index (χ1) is 13.0. The highest BCUT2D eigenvalue weighted by Gasteiger charge is 2.31. The largest absolute Gasteiger partial charge is 0.341 e. The average Bonchev–Trinajstić information content (AvgIpc) is 3.21. The highest BCUT2D eigenvalue weighted by molar-refractivity contribution is 7.13.